The number of aliphatic hydroxyl groups is 1. The molecular formula is C12H22N2O2S. The van der Waals surface area contributed by atoms with Crippen LogP contribution in [0.5, 0.6) is 0 Å². The molecule has 0 unspecified atom stereocenters. The quantitative estimate of drug-likeness (QED) is 0.815. The smallest absolute Gasteiger partial charge is 0.185 e. The maximum absolute atomic E-state index is 9.25. The zero-order valence-corrected chi connectivity index (χ0v) is 11.9. The Morgan fingerprint density at radius 1 is 1.47 bits per heavy atom. The number of aliphatic hydroxyl groups excluding tert-OH is 1. The van der Waals surface area contributed by atoms with Gasteiger partial charge in [0.15, 0.2) is 5.13 Å². The fourth-order valence-electron chi connectivity index (χ4n) is 1.45. The van der Waals surface area contributed by atoms with Gasteiger partial charge in [0.05, 0.1) is 23.8 Å². The van der Waals surface area contributed by atoms with E-state index < -0.39 is 0 Å². The van der Waals surface area contributed by atoms with E-state index in [9.17, 15) is 5.11 Å². The second kappa shape index (κ2) is 6.93. The highest BCUT2D eigenvalue weighted by molar-refractivity contribution is 7.15. The molecule has 0 amide bonds. The van der Waals surface area contributed by atoms with Crippen LogP contribution in [0.2, 0.25) is 0 Å². The molecule has 0 saturated carbocycles. The fourth-order valence-corrected chi connectivity index (χ4v) is 2.36. The average Bonchev–Trinajstić information content (AvgIpc) is 2.69. The summed E-state index contributed by atoms with van der Waals surface area (Å²) in [6.45, 7) is 5.91. The number of ether oxygens (including phenoxy) is 1. The van der Waals surface area contributed by atoms with Crippen molar-refractivity contribution >= 4 is 16.5 Å². The number of hydrogen-bond acceptors (Lipinski definition) is 5. The van der Waals surface area contributed by atoms with Crippen LogP contribution in [0.1, 0.15) is 30.8 Å². The predicted molar refractivity (Wildman–Crippen MR) is 71.5 cm³/mol. The molecule has 0 aliphatic rings. The highest BCUT2D eigenvalue weighted by atomic mass is 32.1. The molecule has 1 N–H and O–H groups in total. The molecule has 0 fully saturated rings. The summed E-state index contributed by atoms with van der Waals surface area (Å²) in [5.41, 5.74) is 0.853. The summed E-state index contributed by atoms with van der Waals surface area (Å²) in [4.78, 5) is 7.55. The Kier molecular flexibility index (Phi) is 5.88. The highest BCUT2D eigenvalue weighted by Gasteiger charge is 2.13. The Morgan fingerprint density at radius 3 is 2.71 bits per heavy atom. The summed E-state index contributed by atoms with van der Waals surface area (Å²) in [5.74, 6) is 0.688. The number of hydrogen-bond donors (Lipinski definition) is 1. The Bertz CT molecular complexity index is 339. The molecule has 5 heteroatoms. The Hall–Kier alpha value is -0.650. The van der Waals surface area contributed by atoms with E-state index in [0.717, 1.165) is 28.7 Å². The van der Waals surface area contributed by atoms with Crippen LogP contribution in [0.3, 0.4) is 0 Å². The van der Waals surface area contributed by atoms with E-state index in [0.29, 0.717) is 12.5 Å². The first kappa shape index (κ1) is 14.4. The van der Waals surface area contributed by atoms with E-state index in [-0.39, 0.29) is 6.61 Å². The van der Waals surface area contributed by atoms with E-state index in [1.54, 1.807) is 18.4 Å². The van der Waals surface area contributed by atoms with Crippen molar-refractivity contribution in [3.8, 4) is 0 Å². The lowest BCUT2D eigenvalue weighted by molar-refractivity contribution is 0.179. The van der Waals surface area contributed by atoms with Gasteiger partial charge in [0.25, 0.3) is 0 Å². The van der Waals surface area contributed by atoms with Gasteiger partial charge in [-0.3, -0.25) is 0 Å². The van der Waals surface area contributed by atoms with E-state index >= 15 is 0 Å². The molecule has 0 aromatic carbocycles. The third-order valence-corrected chi connectivity index (χ3v) is 3.76. The van der Waals surface area contributed by atoms with Crippen LogP contribution in [0.25, 0.3) is 0 Å². The SMILES string of the molecule is COCc1nc(N(C)CCC(C)C)sc1CO. The van der Waals surface area contributed by atoms with Crippen molar-refractivity contribution in [1.82, 2.24) is 4.98 Å². The number of thiazole rings is 1. The summed E-state index contributed by atoms with van der Waals surface area (Å²) in [5, 5.41) is 10.2. The summed E-state index contributed by atoms with van der Waals surface area (Å²) >= 11 is 1.54. The van der Waals surface area contributed by atoms with Gasteiger partial charge >= 0.3 is 0 Å². The van der Waals surface area contributed by atoms with E-state index in [2.05, 4.69) is 23.7 Å². The van der Waals surface area contributed by atoms with Crippen LogP contribution in [0, 0.1) is 5.92 Å². The van der Waals surface area contributed by atoms with Crippen LogP contribution in [-0.4, -0.2) is 30.8 Å². The molecular weight excluding hydrogens is 236 g/mol. The minimum atomic E-state index is 0.0361. The lowest BCUT2D eigenvalue weighted by Crippen LogP contribution is -2.19. The number of nitrogens with zero attached hydrogens (tertiary/aromatic N) is 2. The van der Waals surface area contributed by atoms with Crippen molar-refractivity contribution in [1.29, 1.82) is 0 Å². The van der Waals surface area contributed by atoms with Crippen LogP contribution in [0.15, 0.2) is 0 Å². The molecule has 0 aliphatic carbocycles. The monoisotopic (exact) mass is 258 g/mol. The van der Waals surface area contributed by atoms with Crippen LogP contribution in [-0.2, 0) is 18.0 Å². The summed E-state index contributed by atoms with van der Waals surface area (Å²) in [6, 6.07) is 0. The van der Waals surface area contributed by atoms with Crippen LogP contribution in [0.4, 0.5) is 5.13 Å². The van der Waals surface area contributed by atoms with Gasteiger partial charge in [-0.1, -0.05) is 25.2 Å². The van der Waals surface area contributed by atoms with Crippen LogP contribution < -0.4 is 4.90 Å². The average molecular weight is 258 g/mol. The largest absolute Gasteiger partial charge is 0.391 e. The van der Waals surface area contributed by atoms with Crippen molar-refractivity contribution in [2.75, 3.05) is 25.6 Å². The summed E-state index contributed by atoms with van der Waals surface area (Å²) < 4.78 is 5.08. The number of rotatable bonds is 7. The molecule has 0 atom stereocenters. The lowest BCUT2D eigenvalue weighted by atomic mass is 10.1. The van der Waals surface area contributed by atoms with E-state index in [4.69, 9.17) is 4.74 Å². The summed E-state index contributed by atoms with van der Waals surface area (Å²) in [7, 11) is 3.68. The van der Waals surface area contributed by atoms with Crippen LogP contribution >= 0.6 is 11.3 Å². The molecule has 0 saturated heterocycles. The maximum Gasteiger partial charge on any atom is 0.185 e. The zero-order chi connectivity index (χ0) is 12.8. The fraction of sp³-hybridized carbons (Fsp3) is 0.750. The van der Waals surface area contributed by atoms with Gasteiger partial charge < -0.3 is 14.7 Å². The van der Waals surface area contributed by atoms with Gasteiger partial charge in [0, 0.05) is 20.7 Å². The first-order valence-corrected chi connectivity index (χ1v) is 6.69. The predicted octanol–water partition coefficient (Wildman–Crippen LogP) is 2.26. The van der Waals surface area contributed by atoms with Gasteiger partial charge in [0.1, 0.15) is 0 Å². The highest BCUT2D eigenvalue weighted by Crippen LogP contribution is 2.26. The van der Waals surface area contributed by atoms with E-state index in [1.165, 1.54) is 0 Å². The first-order chi connectivity index (χ1) is 8.08. The number of aromatic nitrogens is 1. The Morgan fingerprint density at radius 2 is 2.18 bits per heavy atom. The third kappa shape index (κ3) is 4.26. The van der Waals surface area contributed by atoms with Gasteiger partial charge in [-0.25, -0.2) is 4.98 Å². The molecule has 0 radical (unpaired) electrons. The lowest BCUT2D eigenvalue weighted by Gasteiger charge is -2.16. The summed E-state index contributed by atoms with van der Waals surface area (Å²) in [6.07, 6.45) is 1.14. The molecule has 1 heterocycles. The molecule has 4 nitrogen and oxygen atoms in total. The number of methoxy groups -OCH3 is 1. The standard InChI is InChI=1S/C12H22N2O2S/c1-9(2)5-6-14(3)12-13-10(8-16-4)11(7-15)17-12/h9,15H,5-8H2,1-4H3. The van der Waals surface area contributed by atoms with Gasteiger partial charge in [0.2, 0.25) is 0 Å². The van der Waals surface area contributed by atoms with Crippen molar-refractivity contribution in [2.24, 2.45) is 5.92 Å². The molecule has 0 aliphatic heterocycles. The maximum atomic E-state index is 9.25. The minimum Gasteiger partial charge on any atom is -0.391 e. The van der Waals surface area contributed by atoms with Crippen molar-refractivity contribution < 1.29 is 9.84 Å². The minimum absolute atomic E-state index is 0.0361. The normalized spacial score (nSPS) is 11.2. The number of anilines is 1. The topological polar surface area (TPSA) is 45.6 Å². The van der Waals surface area contributed by atoms with Gasteiger partial charge in [-0.05, 0) is 12.3 Å². The second-order valence-electron chi connectivity index (χ2n) is 4.56. The zero-order valence-electron chi connectivity index (χ0n) is 11.1. The van der Waals surface area contributed by atoms with Crippen molar-refractivity contribution in [3.05, 3.63) is 10.6 Å². The Balaban J connectivity index is 2.69. The second-order valence-corrected chi connectivity index (χ2v) is 5.62. The first-order valence-electron chi connectivity index (χ1n) is 5.88. The van der Waals surface area contributed by atoms with Crippen molar-refractivity contribution in [3.63, 3.8) is 0 Å². The Labute approximate surface area is 107 Å². The van der Waals surface area contributed by atoms with Gasteiger partial charge in [-0.2, -0.15) is 0 Å². The molecule has 1 aromatic rings. The molecule has 98 valence electrons. The molecule has 1 aromatic heterocycles. The van der Waals surface area contributed by atoms with E-state index in [1.807, 2.05) is 7.05 Å². The molecule has 1 rings (SSSR count). The third-order valence-electron chi connectivity index (χ3n) is 2.56. The van der Waals surface area contributed by atoms with Crippen molar-refractivity contribution in [2.45, 2.75) is 33.5 Å². The molecule has 17 heavy (non-hydrogen) atoms. The van der Waals surface area contributed by atoms with Gasteiger partial charge in [-0.15, -0.1) is 0 Å². The molecule has 0 bridgehead atoms. The molecule has 0 spiro atoms.